The van der Waals surface area contributed by atoms with Gasteiger partial charge < -0.3 is 15.5 Å². The largest absolute Gasteiger partial charge is 0.329 e. The third kappa shape index (κ3) is 2.81. The fourth-order valence-corrected chi connectivity index (χ4v) is 3.80. The Morgan fingerprint density at radius 3 is 2.70 bits per heavy atom. The van der Waals surface area contributed by atoms with Crippen LogP contribution in [0.3, 0.4) is 0 Å². The van der Waals surface area contributed by atoms with Crippen LogP contribution in [0.4, 0.5) is 4.79 Å². The third-order valence-electron chi connectivity index (χ3n) is 4.88. The zero-order chi connectivity index (χ0) is 14.0. The highest BCUT2D eigenvalue weighted by Gasteiger charge is 2.37. The minimum absolute atomic E-state index is 0.0962. The van der Waals surface area contributed by atoms with Gasteiger partial charge in [0.05, 0.1) is 6.54 Å². The normalized spacial score (nSPS) is 31.9. The molecule has 112 valence electrons. The Kier molecular flexibility index (Phi) is 3.94. The van der Waals surface area contributed by atoms with E-state index in [0.29, 0.717) is 12.0 Å². The molecule has 6 nitrogen and oxygen atoms in total. The van der Waals surface area contributed by atoms with Gasteiger partial charge in [0, 0.05) is 26.2 Å². The monoisotopic (exact) mass is 280 g/mol. The number of likely N-dealkylation sites (tertiary alicyclic amines) is 1. The number of rotatable bonds is 3. The first-order valence-corrected chi connectivity index (χ1v) is 7.70. The molecule has 0 bridgehead atoms. The van der Waals surface area contributed by atoms with Gasteiger partial charge in [0.25, 0.3) is 0 Å². The molecular formula is C14H24N4O2. The lowest BCUT2D eigenvalue weighted by molar-refractivity contribution is -0.125. The number of nitrogens with zero attached hydrogens (tertiary/aromatic N) is 2. The molecule has 0 aromatic rings. The Balaban J connectivity index is 1.52. The van der Waals surface area contributed by atoms with Crippen molar-refractivity contribution in [3.63, 3.8) is 0 Å². The highest BCUT2D eigenvalue weighted by atomic mass is 16.2. The van der Waals surface area contributed by atoms with E-state index in [0.717, 1.165) is 32.7 Å². The van der Waals surface area contributed by atoms with Gasteiger partial charge in [0.1, 0.15) is 0 Å². The lowest BCUT2D eigenvalue weighted by Gasteiger charge is -2.45. The highest BCUT2D eigenvalue weighted by molar-refractivity contribution is 6.01. The Morgan fingerprint density at radius 2 is 2.00 bits per heavy atom. The summed E-state index contributed by atoms with van der Waals surface area (Å²) in [4.78, 5) is 26.9. The first-order valence-electron chi connectivity index (χ1n) is 7.70. The van der Waals surface area contributed by atoms with Crippen molar-refractivity contribution in [1.29, 1.82) is 0 Å². The van der Waals surface area contributed by atoms with Crippen LogP contribution < -0.4 is 10.6 Å². The van der Waals surface area contributed by atoms with Gasteiger partial charge in [0.15, 0.2) is 0 Å². The van der Waals surface area contributed by atoms with Crippen LogP contribution in [-0.2, 0) is 4.79 Å². The summed E-state index contributed by atoms with van der Waals surface area (Å²) < 4.78 is 0. The summed E-state index contributed by atoms with van der Waals surface area (Å²) >= 11 is 0. The third-order valence-corrected chi connectivity index (χ3v) is 4.88. The predicted octanol–water partition coefficient (Wildman–Crippen LogP) is 0.00380. The minimum Gasteiger partial charge on any atom is -0.329 e. The Morgan fingerprint density at radius 1 is 1.15 bits per heavy atom. The molecule has 0 aromatic carbocycles. The van der Waals surface area contributed by atoms with Crippen LogP contribution in [0.25, 0.3) is 0 Å². The quantitative estimate of drug-likeness (QED) is 0.715. The molecule has 1 spiro atoms. The summed E-state index contributed by atoms with van der Waals surface area (Å²) in [6, 6.07) is -0.235. The number of carbonyl (C=O) groups is 2. The van der Waals surface area contributed by atoms with Gasteiger partial charge in [-0.15, -0.1) is 0 Å². The fourth-order valence-electron chi connectivity index (χ4n) is 3.80. The molecule has 6 heteroatoms. The van der Waals surface area contributed by atoms with Crippen LogP contribution in [0.15, 0.2) is 0 Å². The number of amides is 3. The number of piperidine rings is 2. The zero-order valence-corrected chi connectivity index (χ0v) is 12.0. The summed E-state index contributed by atoms with van der Waals surface area (Å²) in [7, 11) is 0. The van der Waals surface area contributed by atoms with E-state index in [1.54, 1.807) is 0 Å². The molecule has 3 rings (SSSR count). The van der Waals surface area contributed by atoms with Crippen LogP contribution in [0, 0.1) is 5.41 Å². The van der Waals surface area contributed by atoms with Crippen molar-refractivity contribution in [2.75, 3.05) is 45.8 Å². The van der Waals surface area contributed by atoms with Crippen molar-refractivity contribution in [1.82, 2.24) is 20.4 Å². The van der Waals surface area contributed by atoms with Gasteiger partial charge >= 0.3 is 6.03 Å². The molecule has 1 unspecified atom stereocenters. The molecule has 0 aromatic heterocycles. The molecule has 3 amide bonds. The van der Waals surface area contributed by atoms with E-state index >= 15 is 0 Å². The van der Waals surface area contributed by atoms with E-state index in [2.05, 4.69) is 15.5 Å². The van der Waals surface area contributed by atoms with Crippen LogP contribution in [0.2, 0.25) is 0 Å². The topological polar surface area (TPSA) is 64.7 Å². The van der Waals surface area contributed by atoms with Crippen molar-refractivity contribution < 1.29 is 9.59 Å². The van der Waals surface area contributed by atoms with Gasteiger partial charge in [-0.2, -0.15) is 0 Å². The second kappa shape index (κ2) is 5.69. The summed E-state index contributed by atoms with van der Waals surface area (Å²) in [5.41, 5.74) is 0.424. The number of imide groups is 1. The Hall–Kier alpha value is -1.14. The molecule has 20 heavy (non-hydrogen) atoms. The molecular weight excluding hydrogens is 256 g/mol. The van der Waals surface area contributed by atoms with Crippen molar-refractivity contribution in [2.24, 2.45) is 5.41 Å². The van der Waals surface area contributed by atoms with Gasteiger partial charge in [0.2, 0.25) is 5.91 Å². The second-order valence-electron chi connectivity index (χ2n) is 6.36. The molecule has 3 aliphatic rings. The van der Waals surface area contributed by atoms with E-state index in [4.69, 9.17) is 0 Å². The first-order chi connectivity index (χ1) is 9.69. The number of urea groups is 1. The molecule has 3 fully saturated rings. The average Bonchev–Trinajstić information content (AvgIpc) is 2.77. The van der Waals surface area contributed by atoms with E-state index in [-0.39, 0.29) is 18.5 Å². The van der Waals surface area contributed by atoms with Crippen LogP contribution >= 0.6 is 0 Å². The summed E-state index contributed by atoms with van der Waals surface area (Å²) in [5, 5.41) is 6.09. The lowest BCUT2D eigenvalue weighted by atomic mass is 9.74. The van der Waals surface area contributed by atoms with Gasteiger partial charge in [-0.1, -0.05) is 0 Å². The van der Waals surface area contributed by atoms with E-state index < -0.39 is 0 Å². The molecule has 3 aliphatic heterocycles. The van der Waals surface area contributed by atoms with Crippen molar-refractivity contribution in [3.05, 3.63) is 0 Å². The number of hydrogen-bond donors (Lipinski definition) is 2. The molecule has 0 radical (unpaired) electrons. The Labute approximate surface area is 119 Å². The fraction of sp³-hybridized carbons (Fsp3) is 0.857. The standard InChI is InChI=1S/C14H24N4O2/c19-12-9-16-13(20)18(12)8-7-17-6-2-4-14(11-17)3-1-5-15-10-14/h15H,1-11H2,(H,16,20). The van der Waals surface area contributed by atoms with Crippen molar-refractivity contribution in [3.8, 4) is 0 Å². The van der Waals surface area contributed by atoms with Crippen molar-refractivity contribution >= 4 is 11.9 Å². The predicted molar refractivity (Wildman–Crippen MR) is 75.3 cm³/mol. The molecule has 0 aliphatic carbocycles. The number of hydrogen-bond acceptors (Lipinski definition) is 4. The average molecular weight is 280 g/mol. The maximum atomic E-state index is 11.6. The highest BCUT2D eigenvalue weighted by Crippen LogP contribution is 2.35. The maximum absolute atomic E-state index is 11.6. The van der Waals surface area contributed by atoms with Crippen molar-refractivity contribution in [2.45, 2.75) is 25.7 Å². The van der Waals surface area contributed by atoms with Gasteiger partial charge in [-0.05, 0) is 44.2 Å². The first kappa shape index (κ1) is 13.8. The molecule has 0 saturated carbocycles. The van der Waals surface area contributed by atoms with E-state index in [9.17, 15) is 9.59 Å². The number of carbonyl (C=O) groups excluding carboxylic acids is 2. The zero-order valence-electron chi connectivity index (χ0n) is 12.0. The molecule has 2 N–H and O–H groups in total. The summed E-state index contributed by atoms with van der Waals surface area (Å²) in [5.74, 6) is -0.0962. The molecule has 3 saturated heterocycles. The molecule has 1 atom stereocenters. The summed E-state index contributed by atoms with van der Waals surface area (Å²) in [6.07, 6.45) is 5.10. The smallest absolute Gasteiger partial charge is 0.324 e. The maximum Gasteiger partial charge on any atom is 0.324 e. The van der Waals surface area contributed by atoms with E-state index in [1.165, 1.54) is 30.6 Å². The lowest BCUT2D eigenvalue weighted by Crippen LogP contribution is -2.52. The van der Waals surface area contributed by atoms with Crippen LogP contribution in [0.5, 0.6) is 0 Å². The van der Waals surface area contributed by atoms with Crippen LogP contribution in [0.1, 0.15) is 25.7 Å². The Bertz CT molecular complexity index is 371. The minimum atomic E-state index is -0.235. The van der Waals surface area contributed by atoms with E-state index in [1.807, 2.05) is 0 Å². The van der Waals surface area contributed by atoms with Crippen LogP contribution in [-0.4, -0.2) is 67.6 Å². The summed E-state index contributed by atoms with van der Waals surface area (Å²) in [6.45, 7) is 5.94. The SMILES string of the molecule is O=C1CNC(=O)N1CCN1CCCC2(CCCNC2)C1. The van der Waals surface area contributed by atoms with Gasteiger partial charge in [-0.3, -0.25) is 9.69 Å². The second-order valence-corrected chi connectivity index (χ2v) is 6.36. The van der Waals surface area contributed by atoms with Gasteiger partial charge in [-0.25, -0.2) is 4.79 Å². The number of nitrogens with one attached hydrogen (secondary N) is 2. The molecule has 3 heterocycles.